The molecule has 0 spiro atoms. The first-order chi connectivity index (χ1) is 17.8. The van der Waals surface area contributed by atoms with Gasteiger partial charge in [0.15, 0.2) is 11.5 Å². The third-order valence-corrected chi connectivity index (χ3v) is 6.14. The average molecular weight is 542 g/mol. The highest BCUT2D eigenvalue weighted by molar-refractivity contribution is 8.18. The van der Waals surface area contributed by atoms with E-state index in [-0.39, 0.29) is 34.9 Å². The number of amides is 2. The Morgan fingerprint density at radius 1 is 1.08 bits per heavy atom. The van der Waals surface area contributed by atoms with Crippen molar-refractivity contribution < 1.29 is 28.7 Å². The fourth-order valence-electron chi connectivity index (χ4n) is 3.25. The Hall–Kier alpha value is -4.09. The lowest BCUT2D eigenvalue weighted by atomic mass is 10.2. The monoisotopic (exact) mass is 541 g/mol. The molecule has 190 valence electrons. The minimum Gasteiger partial charge on any atom is -0.492 e. The molecule has 2 heterocycles. The number of thioether (sulfide) groups is 1. The molecule has 0 aliphatic carbocycles. The first kappa shape index (κ1) is 26.0. The second kappa shape index (κ2) is 11.8. The normalized spacial score (nSPS) is 14.2. The molecule has 3 aromatic rings. The zero-order valence-corrected chi connectivity index (χ0v) is 21.0. The largest absolute Gasteiger partial charge is 0.492 e. The number of pyridine rings is 1. The van der Waals surface area contributed by atoms with E-state index in [1.54, 1.807) is 55.5 Å². The fourth-order valence-corrected chi connectivity index (χ4v) is 4.24. The van der Waals surface area contributed by atoms with E-state index in [4.69, 9.17) is 25.8 Å². The number of ether oxygens (including phenoxy) is 3. The molecule has 0 atom stereocenters. The van der Waals surface area contributed by atoms with Gasteiger partial charge in [0, 0.05) is 17.2 Å². The summed E-state index contributed by atoms with van der Waals surface area (Å²) in [5.74, 6) is 1.05. The van der Waals surface area contributed by atoms with Gasteiger partial charge in [-0.15, -0.1) is 0 Å². The molecule has 37 heavy (non-hydrogen) atoms. The molecule has 0 bridgehead atoms. The zero-order valence-electron chi connectivity index (χ0n) is 19.5. The van der Waals surface area contributed by atoms with E-state index >= 15 is 0 Å². The van der Waals surface area contributed by atoms with E-state index in [0.717, 1.165) is 22.9 Å². The number of imide groups is 1. The van der Waals surface area contributed by atoms with Crippen LogP contribution in [0.2, 0.25) is 5.02 Å². The van der Waals surface area contributed by atoms with Crippen LogP contribution in [0, 0.1) is 10.1 Å². The van der Waals surface area contributed by atoms with Crippen molar-refractivity contribution in [3.8, 4) is 23.1 Å². The van der Waals surface area contributed by atoms with Gasteiger partial charge in [0.2, 0.25) is 5.88 Å². The first-order valence-corrected chi connectivity index (χ1v) is 12.2. The van der Waals surface area contributed by atoms with Gasteiger partial charge in [-0.1, -0.05) is 17.7 Å². The molecule has 1 fully saturated rings. The van der Waals surface area contributed by atoms with Crippen molar-refractivity contribution in [2.75, 3.05) is 19.8 Å². The van der Waals surface area contributed by atoms with Crippen LogP contribution in [0.25, 0.3) is 6.08 Å². The van der Waals surface area contributed by atoms with Gasteiger partial charge in [-0.3, -0.25) is 24.6 Å². The zero-order chi connectivity index (χ0) is 26.4. The summed E-state index contributed by atoms with van der Waals surface area (Å²) < 4.78 is 17.0. The first-order valence-electron chi connectivity index (χ1n) is 11.0. The summed E-state index contributed by atoms with van der Waals surface area (Å²) in [6.07, 6.45) is 2.70. The number of carbonyl (C=O) groups excluding carboxylic acids is 2. The highest BCUT2D eigenvalue weighted by atomic mass is 35.5. The van der Waals surface area contributed by atoms with Crippen LogP contribution in [0.15, 0.2) is 65.7 Å². The molecule has 2 aromatic carbocycles. The number of aromatic nitrogens is 1. The summed E-state index contributed by atoms with van der Waals surface area (Å²) in [6.45, 7) is 2.39. The van der Waals surface area contributed by atoms with E-state index < -0.39 is 10.8 Å². The van der Waals surface area contributed by atoms with Crippen molar-refractivity contribution in [2.45, 2.75) is 6.92 Å². The lowest BCUT2D eigenvalue weighted by molar-refractivity contribution is -0.385. The molecule has 10 nitrogen and oxygen atoms in total. The summed E-state index contributed by atoms with van der Waals surface area (Å²) in [4.78, 5) is 40.9. The van der Waals surface area contributed by atoms with Gasteiger partial charge in [0.25, 0.3) is 16.8 Å². The van der Waals surface area contributed by atoms with Gasteiger partial charge in [-0.05, 0) is 66.7 Å². The Balaban J connectivity index is 1.44. The molecule has 4 rings (SSSR count). The van der Waals surface area contributed by atoms with Crippen molar-refractivity contribution in [1.82, 2.24) is 9.88 Å². The second-order valence-corrected chi connectivity index (χ2v) is 8.92. The summed E-state index contributed by atoms with van der Waals surface area (Å²) in [5, 5.41) is 11.0. The van der Waals surface area contributed by atoms with Gasteiger partial charge >= 0.3 is 0 Å². The SMILES string of the molecule is CCOc1cc(/C=C2\SC(=O)N(CCOc3ccc(Cl)cc3)C2=O)ccc1Oc1ccc([N+](=O)[O-])cn1. The van der Waals surface area contributed by atoms with Crippen LogP contribution in [0.5, 0.6) is 23.1 Å². The van der Waals surface area contributed by atoms with E-state index in [2.05, 4.69) is 4.98 Å². The Kier molecular flexibility index (Phi) is 8.26. The van der Waals surface area contributed by atoms with Crippen LogP contribution in [0.1, 0.15) is 12.5 Å². The number of benzene rings is 2. The van der Waals surface area contributed by atoms with Crippen LogP contribution in [-0.2, 0) is 4.79 Å². The lowest BCUT2D eigenvalue weighted by Crippen LogP contribution is -2.32. The van der Waals surface area contributed by atoms with Gasteiger partial charge in [0.05, 0.1) is 23.0 Å². The molecule has 0 saturated carbocycles. The minimum atomic E-state index is -0.550. The van der Waals surface area contributed by atoms with E-state index in [9.17, 15) is 19.7 Å². The van der Waals surface area contributed by atoms with Crippen LogP contribution >= 0.6 is 23.4 Å². The van der Waals surface area contributed by atoms with Crippen molar-refractivity contribution in [3.63, 3.8) is 0 Å². The summed E-state index contributed by atoms with van der Waals surface area (Å²) in [6, 6.07) is 14.5. The van der Waals surface area contributed by atoms with E-state index in [1.165, 1.54) is 12.1 Å². The molecule has 2 amide bonds. The van der Waals surface area contributed by atoms with Crippen molar-refractivity contribution in [2.24, 2.45) is 0 Å². The number of halogens is 1. The van der Waals surface area contributed by atoms with Crippen LogP contribution in [-0.4, -0.2) is 45.7 Å². The van der Waals surface area contributed by atoms with Crippen LogP contribution in [0.3, 0.4) is 0 Å². The molecule has 0 N–H and O–H groups in total. The third-order valence-electron chi connectivity index (χ3n) is 4.98. The minimum absolute atomic E-state index is 0.101. The van der Waals surface area contributed by atoms with Crippen molar-refractivity contribution >= 4 is 46.3 Å². The number of carbonyl (C=O) groups is 2. The van der Waals surface area contributed by atoms with Gasteiger partial charge in [-0.25, -0.2) is 4.98 Å². The standard InChI is InChI=1S/C25H20ClN3O7S/c1-2-34-21-13-16(3-9-20(21)36-23-10-6-18(15-27-23)29(32)33)14-22-24(30)28(25(31)37-22)11-12-35-19-7-4-17(26)5-8-19/h3-10,13-15H,2,11-12H2,1H3/b22-14-. The summed E-state index contributed by atoms with van der Waals surface area (Å²) >= 11 is 6.70. The Morgan fingerprint density at radius 2 is 1.86 bits per heavy atom. The van der Waals surface area contributed by atoms with E-state index in [1.807, 2.05) is 0 Å². The van der Waals surface area contributed by atoms with Crippen LogP contribution < -0.4 is 14.2 Å². The van der Waals surface area contributed by atoms with Crippen molar-refractivity contribution in [1.29, 1.82) is 0 Å². The third kappa shape index (κ3) is 6.57. The molecule has 12 heteroatoms. The maximum absolute atomic E-state index is 12.8. The second-order valence-electron chi connectivity index (χ2n) is 7.49. The van der Waals surface area contributed by atoms with Gasteiger partial charge in [-0.2, -0.15) is 0 Å². The molecular formula is C25H20ClN3O7S. The number of hydrogen-bond donors (Lipinski definition) is 0. The number of nitrogens with zero attached hydrogens (tertiary/aromatic N) is 3. The molecule has 1 aliphatic rings. The average Bonchev–Trinajstić information content (AvgIpc) is 3.14. The topological polar surface area (TPSA) is 121 Å². The predicted octanol–water partition coefficient (Wildman–Crippen LogP) is 5.95. The van der Waals surface area contributed by atoms with Crippen molar-refractivity contribution in [3.05, 3.63) is 86.4 Å². The Labute approximate surface area is 220 Å². The molecule has 1 aromatic heterocycles. The fraction of sp³-hybridized carbons (Fsp3) is 0.160. The highest BCUT2D eigenvalue weighted by Gasteiger charge is 2.34. The summed E-state index contributed by atoms with van der Waals surface area (Å²) in [5.41, 5.74) is 0.466. The molecular weight excluding hydrogens is 522 g/mol. The molecule has 0 unspecified atom stereocenters. The Morgan fingerprint density at radius 3 is 2.54 bits per heavy atom. The quantitative estimate of drug-likeness (QED) is 0.174. The smallest absolute Gasteiger partial charge is 0.293 e. The number of nitro groups is 1. The number of rotatable bonds is 10. The maximum Gasteiger partial charge on any atom is 0.293 e. The van der Waals surface area contributed by atoms with Gasteiger partial charge < -0.3 is 14.2 Å². The molecule has 0 radical (unpaired) electrons. The van der Waals surface area contributed by atoms with Gasteiger partial charge in [0.1, 0.15) is 18.6 Å². The predicted molar refractivity (Wildman–Crippen MR) is 138 cm³/mol. The summed E-state index contributed by atoms with van der Waals surface area (Å²) in [7, 11) is 0. The van der Waals surface area contributed by atoms with E-state index in [0.29, 0.717) is 34.4 Å². The maximum atomic E-state index is 12.8. The lowest BCUT2D eigenvalue weighted by Gasteiger charge is -2.13. The number of hydrogen-bond acceptors (Lipinski definition) is 9. The Bertz CT molecular complexity index is 1350. The molecule has 1 aliphatic heterocycles. The molecule has 1 saturated heterocycles. The van der Waals surface area contributed by atoms with Crippen LogP contribution in [0.4, 0.5) is 10.5 Å². The highest BCUT2D eigenvalue weighted by Crippen LogP contribution is 2.36.